The van der Waals surface area contributed by atoms with Crippen LogP contribution in [0.25, 0.3) is 0 Å². The second-order valence-electron chi connectivity index (χ2n) is 8.24. The van der Waals surface area contributed by atoms with Gasteiger partial charge in [0.2, 0.25) is 0 Å². The number of fused-ring (bicyclic) bond motifs is 1. The van der Waals surface area contributed by atoms with Crippen LogP contribution in [-0.4, -0.2) is 39.4 Å². The van der Waals surface area contributed by atoms with Gasteiger partial charge in [-0.2, -0.15) is 0 Å². The number of hydrogen-bond donors (Lipinski definition) is 3. The van der Waals surface area contributed by atoms with E-state index in [2.05, 4.69) is 18.7 Å². The standard InChI is InChI=1S/C21H30O4/c1-14-5-8-17(23)12-16(14)7-6-15-4-3-10-20(2)18(15)9-11-21(20,25)19(24)13-22/h6-7,17-18,22-23,25H,1,3-5,8-13H2,2H3/b15-6+,16-7-/t17-,18+,20+,21+/m1/s1. The largest absolute Gasteiger partial charge is 0.393 e. The summed E-state index contributed by atoms with van der Waals surface area (Å²) in [6.45, 7) is 5.51. The Kier molecular flexibility index (Phi) is 5.06. The molecule has 3 fully saturated rings. The Morgan fingerprint density at radius 1 is 1.28 bits per heavy atom. The maximum Gasteiger partial charge on any atom is 0.190 e. The van der Waals surface area contributed by atoms with Gasteiger partial charge < -0.3 is 15.3 Å². The quantitative estimate of drug-likeness (QED) is 0.734. The summed E-state index contributed by atoms with van der Waals surface area (Å²) < 4.78 is 0. The first-order chi connectivity index (χ1) is 11.8. The number of Topliss-reactive ketones (excluding diaryl/α,β-unsaturated/α-hetero) is 1. The highest BCUT2D eigenvalue weighted by atomic mass is 16.3. The van der Waals surface area contributed by atoms with Crippen LogP contribution in [0, 0.1) is 11.3 Å². The lowest BCUT2D eigenvalue weighted by Crippen LogP contribution is -2.53. The Labute approximate surface area is 149 Å². The van der Waals surface area contributed by atoms with E-state index < -0.39 is 23.4 Å². The van der Waals surface area contributed by atoms with Gasteiger partial charge in [-0.05, 0) is 62.9 Å². The minimum Gasteiger partial charge on any atom is -0.393 e. The summed E-state index contributed by atoms with van der Waals surface area (Å²) in [5.74, 6) is -0.277. The van der Waals surface area contributed by atoms with E-state index in [9.17, 15) is 20.1 Å². The van der Waals surface area contributed by atoms with E-state index in [1.165, 1.54) is 5.57 Å². The molecule has 0 heterocycles. The van der Waals surface area contributed by atoms with Crippen molar-refractivity contribution >= 4 is 5.78 Å². The summed E-state index contributed by atoms with van der Waals surface area (Å²) >= 11 is 0. The molecule has 3 aliphatic carbocycles. The van der Waals surface area contributed by atoms with Crippen LogP contribution in [0.15, 0.2) is 35.5 Å². The van der Waals surface area contributed by atoms with Gasteiger partial charge in [0.1, 0.15) is 12.2 Å². The van der Waals surface area contributed by atoms with E-state index >= 15 is 0 Å². The van der Waals surface area contributed by atoms with Gasteiger partial charge in [-0.3, -0.25) is 4.79 Å². The lowest BCUT2D eigenvalue weighted by atomic mass is 9.60. The van der Waals surface area contributed by atoms with Crippen LogP contribution >= 0.6 is 0 Å². The number of allylic oxidation sites excluding steroid dienone is 4. The molecule has 25 heavy (non-hydrogen) atoms. The van der Waals surface area contributed by atoms with Crippen LogP contribution in [0.4, 0.5) is 0 Å². The van der Waals surface area contributed by atoms with Gasteiger partial charge in [0.15, 0.2) is 5.78 Å². The minimum atomic E-state index is -1.41. The third kappa shape index (κ3) is 3.05. The monoisotopic (exact) mass is 346 g/mol. The fourth-order valence-electron chi connectivity index (χ4n) is 5.24. The fourth-order valence-corrected chi connectivity index (χ4v) is 5.24. The van der Waals surface area contributed by atoms with Crippen molar-refractivity contribution in [3.05, 3.63) is 35.5 Å². The number of aliphatic hydroxyl groups is 3. The molecule has 3 aliphatic rings. The Hall–Kier alpha value is -1.23. The van der Waals surface area contributed by atoms with Crippen molar-refractivity contribution in [2.75, 3.05) is 6.61 Å². The van der Waals surface area contributed by atoms with Crippen molar-refractivity contribution < 1.29 is 20.1 Å². The van der Waals surface area contributed by atoms with E-state index in [1.807, 2.05) is 6.92 Å². The summed E-state index contributed by atoms with van der Waals surface area (Å²) in [7, 11) is 0. The van der Waals surface area contributed by atoms with Crippen molar-refractivity contribution in [3.63, 3.8) is 0 Å². The maximum atomic E-state index is 12.2. The minimum absolute atomic E-state index is 0.167. The molecule has 4 heteroatoms. The Bertz CT molecular complexity index is 632. The predicted octanol–water partition coefficient (Wildman–Crippen LogP) is 2.83. The number of carbonyl (C=O) groups excluding carboxylic acids is 1. The first-order valence-electron chi connectivity index (χ1n) is 9.44. The molecule has 0 aromatic rings. The SMILES string of the molecule is C=C1CC[C@@H](O)C/C1=C/C=C1\CCC[C@@]2(C)[C@H]1CC[C@]2(O)C(=O)CO. The van der Waals surface area contributed by atoms with E-state index in [0.717, 1.165) is 49.7 Å². The molecule has 4 atom stereocenters. The molecule has 3 N–H and O–H groups in total. The zero-order valence-electron chi connectivity index (χ0n) is 15.1. The molecule has 0 radical (unpaired) electrons. The number of carbonyl (C=O) groups is 1. The van der Waals surface area contributed by atoms with E-state index in [0.29, 0.717) is 12.8 Å². The second kappa shape index (κ2) is 6.82. The molecule has 0 aromatic heterocycles. The van der Waals surface area contributed by atoms with Crippen LogP contribution in [0.3, 0.4) is 0 Å². The molecule has 138 valence electrons. The lowest BCUT2D eigenvalue weighted by molar-refractivity contribution is -0.154. The number of hydrogen-bond acceptors (Lipinski definition) is 4. The average Bonchev–Trinajstić information content (AvgIpc) is 2.88. The Morgan fingerprint density at radius 3 is 2.76 bits per heavy atom. The fraction of sp³-hybridized carbons (Fsp3) is 0.667. The van der Waals surface area contributed by atoms with Crippen molar-refractivity contribution in [1.29, 1.82) is 0 Å². The van der Waals surface area contributed by atoms with Crippen molar-refractivity contribution in [3.8, 4) is 0 Å². The van der Waals surface area contributed by atoms with Crippen molar-refractivity contribution in [1.82, 2.24) is 0 Å². The molecule has 0 bridgehead atoms. The highest BCUT2D eigenvalue weighted by molar-refractivity contribution is 5.89. The van der Waals surface area contributed by atoms with Gasteiger partial charge in [-0.15, -0.1) is 0 Å². The van der Waals surface area contributed by atoms with Gasteiger partial charge >= 0.3 is 0 Å². The van der Waals surface area contributed by atoms with Gasteiger partial charge in [0, 0.05) is 5.41 Å². The average molecular weight is 346 g/mol. The van der Waals surface area contributed by atoms with Crippen molar-refractivity contribution in [2.45, 2.75) is 70.0 Å². The van der Waals surface area contributed by atoms with Gasteiger partial charge in [0.05, 0.1) is 6.10 Å². The second-order valence-corrected chi connectivity index (χ2v) is 8.24. The molecule has 0 aromatic carbocycles. The highest BCUT2D eigenvalue weighted by Gasteiger charge is 2.61. The lowest BCUT2D eigenvalue weighted by Gasteiger charge is -2.45. The number of rotatable bonds is 3. The molecule has 0 amide bonds. The van der Waals surface area contributed by atoms with Crippen LogP contribution in [0.2, 0.25) is 0 Å². The first-order valence-corrected chi connectivity index (χ1v) is 9.44. The van der Waals surface area contributed by atoms with E-state index in [4.69, 9.17) is 0 Å². The van der Waals surface area contributed by atoms with Crippen LogP contribution < -0.4 is 0 Å². The summed E-state index contributed by atoms with van der Waals surface area (Å²) in [6.07, 6.45) is 10.1. The molecule has 0 unspecified atom stereocenters. The van der Waals surface area contributed by atoms with Crippen LogP contribution in [0.5, 0.6) is 0 Å². The maximum absolute atomic E-state index is 12.2. The molecule has 3 saturated carbocycles. The summed E-state index contributed by atoms with van der Waals surface area (Å²) in [5, 5.41) is 30.2. The van der Waals surface area contributed by atoms with Gasteiger partial charge in [-0.25, -0.2) is 0 Å². The molecular weight excluding hydrogens is 316 g/mol. The van der Waals surface area contributed by atoms with Crippen LogP contribution in [-0.2, 0) is 4.79 Å². The zero-order valence-corrected chi connectivity index (χ0v) is 15.1. The predicted molar refractivity (Wildman–Crippen MR) is 96.9 cm³/mol. The summed E-state index contributed by atoms with van der Waals surface area (Å²) in [5.41, 5.74) is 1.57. The smallest absolute Gasteiger partial charge is 0.190 e. The number of aliphatic hydroxyl groups excluding tert-OH is 2. The van der Waals surface area contributed by atoms with Crippen LogP contribution in [0.1, 0.15) is 58.3 Å². The summed E-state index contributed by atoms with van der Waals surface area (Å²) in [4.78, 5) is 12.2. The zero-order chi connectivity index (χ0) is 18.2. The van der Waals surface area contributed by atoms with E-state index in [1.54, 1.807) is 0 Å². The van der Waals surface area contributed by atoms with E-state index in [-0.39, 0.29) is 12.0 Å². The highest BCUT2D eigenvalue weighted by Crippen LogP contribution is 2.59. The Morgan fingerprint density at radius 2 is 2.04 bits per heavy atom. The Balaban J connectivity index is 1.87. The van der Waals surface area contributed by atoms with Gasteiger partial charge in [-0.1, -0.05) is 36.8 Å². The normalized spacial score (nSPS) is 42.0. The molecule has 0 aliphatic heterocycles. The third-order valence-electron chi connectivity index (χ3n) is 6.91. The summed E-state index contributed by atoms with van der Waals surface area (Å²) in [6, 6.07) is 0. The molecule has 0 saturated heterocycles. The molecule has 4 nitrogen and oxygen atoms in total. The first kappa shape index (κ1) is 18.6. The molecular formula is C21H30O4. The third-order valence-corrected chi connectivity index (χ3v) is 6.91. The molecule has 0 spiro atoms. The topological polar surface area (TPSA) is 77.8 Å². The molecule has 3 rings (SSSR count). The van der Waals surface area contributed by atoms with Gasteiger partial charge in [0.25, 0.3) is 0 Å². The number of ketones is 1. The van der Waals surface area contributed by atoms with Crippen molar-refractivity contribution in [2.24, 2.45) is 11.3 Å².